The van der Waals surface area contributed by atoms with E-state index >= 15 is 0 Å². The van der Waals surface area contributed by atoms with E-state index < -0.39 is 11.6 Å². The first-order valence-electron chi connectivity index (χ1n) is 13.8. The largest absolute Gasteiger partial charge is 1.00 e. The van der Waals surface area contributed by atoms with Gasteiger partial charge in [0, 0.05) is 30.3 Å². The number of hydrogen-bond acceptors (Lipinski definition) is 1. The minimum atomic E-state index is -0.627. The number of hydrogen-bond donors (Lipinski definition) is 0. The second kappa shape index (κ2) is 14.7. The summed E-state index contributed by atoms with van der Waals surface area (Å²) in [4.78, 5) is 15.3. The number of quaternary nitrogens is 1. The number of carbonyl (C=O) groups excluding carboxylic acids is 1. The third-order valence-corrected chi connectivity index (χ3v) is 7.50. The molecule has 0 N–H and O–H groups in total. The Morgan fingerprint density at radius 2 is 1.23 bits per heavy atom. The lowest BCUT2D eigenvalue weighted by Gasteiger charge is -2.37. The van der Waals surface area contributed by atoms with Crippen molar-refractivity contribution in [2.24, 2.45) is 0 Å². The number of amides is 1. The summed E-state index contributed by atoms with van der Waals surface area (Å²) in [7, 11) is 0. The maximum atomic E-state index is 13.9. The normalized spacial score (nSPS) is 11.3. The maximum Gasteiger partial charge on any atom is 0.254 e. The molecular formula is C33H43BrF2N2O. The molecule has 0 aliphatic heterocycles. The number of rotatable bonds is 12. The van der Waals surface area contributed by atoms with Crippen molar-refractivity contribution in [1.29, 1.82) is 0 Å². The zero-order valence-corrected chi connectivity index (χ0v) is 25.9. The predicted octanol–water partition coefficient (Wildman–Crippen LogP) is 4.68. The van der Waals surface area contributed by atoms with E-state index in [0.717, 1.165) is 60.7 Å². The van der Waals surface area contributed by atoms with Crippen LogP contribution in [-0.4, -0.2) is 41.5 Å². The van der Waals surface area contributed by atoms with E-state index in [1.165, 1.54) is 28.8 Å². The first-order valence-corrected chi connectivity index (χ1v) is 13.8. The van der Waals surface area contributed by atoms with Crippen LogP contribution in [0, 0.1) is 39.3 Å². The van der Waals surface area contributed by atoms with Crippen LogP contribution in [0.5, 0.6) is 0 Å². The lowest BCUT2D eigenvalue weighted by molar-refractivity contribution is -0.938. The fourth-order valence-corrected chi connectivity index (χ4v) is 5.60. The molecule has 0 aliphatic rings. The van der Waals surface area contributed by atoms with Gasteiger partial charge in [-0.15, -0.1) is 0 Å². The van der Waals surface area contributed by atoms with Crippen LogP contribution >= 0.6 is 0 Å². The van der Waals surface area contributed by atoms with E-state index in [-0.39, 0.29) is 29.4 Å². The lowest BCUT2D eigenvalue weighted by Crippen LogP contribution is -3.00. The second-order valence-corrected chi connectivity index (χ2v) is 10.9. The first-order chi connectivity index (χ1) is 18.0. The van der Waals surface area contributed by atoms with Gasteiger partial charge < -0.3 is 26.4 Å². The molecule has 0 unspecified atom stereocenters. The van der Waals surface area contributed by atoms with Crippen LogP contribution in [0.1, 0.15) is 70.4 Å². The van der Waals surface area contributed by atoms with Gasteiger partial charge in [0.05, 0.1) is 19.6 Å². The fourth-order valence-electron chi connectivity index (χ4n) is 5.60. The molecule has 0 radical (unpaired) electrons. The minimum Gasteiger partial charge on any atom is -1.00 e. The van der Waals surface area contributed by atoms with Crippen LogP contribution in [0.2, 0.25) is 0 Å². The minimum absolute atomic E-state index is 0. The van der Waals surface area contributed by atoms with Crippen molar-refractivity contribution in [2.45, 2.75) is 67.5 Å². The second-order valence-electron chi connectivity index (χ2n) is 10.9. The van der Waals surface area contributed by atoms with Crippen LogP contribution in [0.4, 0.5) is 8.78 Å². The zero-order chi connectivity index (χ0) is 27.9. The average Bonchev–Trinajstić information content (AvgIpc) is 2.83. The van der Waals surface area contributed by atoms with E-state index in [4.69, 9.17) is 0 Å². The van der Waals surface area contributed by atoms with Crippen LogP contribution in [0.25, 0.3) is 0 Å². The molecule has 3 aromatic carbocycles. The molecule has 0 fully saturated rings. The van der Waals surface area contributed by atoms with Crippen molar-refractivity contribution >= 4 is 5.91 Å². The Kier molecular flexibility index (Phi) is 12.3. The standard InChI is InChI=1S/C33H43F2N2O.BrH/c1-7-37(8-2,23-29-15-24(3)13-25(4)16-29)12-10-9-11-36(22-28-19-31(34)21-32(35)20-28)33(38)30-17-26(5)14-27(6)18-30;/h13-21H,7-12,22-23H2,1-6H3;1H/q+1;/p-1. The third-order valence-electron chi connectivity index (χ3n) is 7.50. The summed E-state index contributed by atoms with van der Waals surface area (Å²) in [6.07, 6.45) is 1.78. The Labute approximate surface area is 244 Å². The molecule has 0 heterocycles. The summed E-state index contributed by atoms with van der Waals surface area (Å²) in [6, 6.07) is 16.1. The number of aryl methyl sites for hydroxylation is 4. The molecule has 0 aromatic heterocycles. The van der Waals surface area contributed by atoms with E-state index in [1.807, 2.05) is 32.0 Å². The maximum absolute atomic E-state index is 13.9. The van der Waals surface area contributed by atoms with Gasteiger partial charge in [-0.05, 0) is 84.2 Å². The number of halogens is 3. The van der Waals surface area contributed by atoms with Gasteiger partial charge in [-0.2, -0.15) is 0 Å². The number of carbonyl (C=O) groups is 1. The van der Waals surface area contributed by atoms with E-state index in [1.54, 1.807) is 4.90 Å². The van der Waals surface area contributed by atoms with Crippen molar-refractivity contribution < 1.29 is 35.0 Å². The highest BCUT2D eigenvalue weighted by atomic mass is 79.9. The number of nitrogens with zero attached hydrogens (tertiary/aromatic N) is 2. The molecular weight excluding hydrogens is 558 g/mol. The molecule has 6 heteroatoms. The van der Waals surface area contributed by atoms with Gasteiger partial charge in [-0.1, -0.05) is 46.5 Å². The molecule has 3 nitrogen and oxygen atoms in total. The summed E-state index contributed by atoms with van der Waals surface area (Å²) in [6.45, 7) is 17.5. The Balaban J connectivity index is 0.00000533. The van der Waals surface area contributed by atoms with Crippen molar-refractivity contribution in [2.75, 3.05) is 26.2 Å². The molecule has 0 bridgehead atoms. The first kappa shape index (κ1) is 32.6. The molecule has 0 saturated heterocycles. The Morgan fingerprint density at radius 3 is 1.74 bits per heavy atom. The Hall–Kier alpha value is -2.57. The van der Waals surface area contributed by atoms with Gasteiger partial charge in [0.1, 0.15) is 18.2 Å². The van der Waals surface area contributed by atoms with Crippen LogP contribution in [-0.2, 0) is 13.1 Å². The molecule has 0 spiro atoms. The quantitative estimate of drug-likeness (QED) is 0.218. The molecule has 1 amide bonds. The predicted molar refractivity (Wildman–Crippen MR) is 152 cm³/mol. The molecule has 0 saturated carbocycles. The smallest absolute Gasteiger partial charge is 0.254 e. The van der Waals surface area contributed by atoms with E-state index in [0.29, 0.717) is 17.7 Å². The molecule has 0 aliphatic carbocycles. The number of unbranched alkanes of at least 4 members (excludes halogenated alkanes) is 1. The summed E-state index contributed by atoms with van der Waals surface area (Å²) >= 11 is 0. The van der Waals surface area contributed by atoms with Crippen LogP contribution in [0.15, 0.2) is 54.6 Å². The SMILES string of the molecule is CC[N+](CC)(CCCCN(Cc1cc(F)cc(F)c1)C(=O)c1cc(C)cc(C)c1)Cc1cc(C)cc(C)c1.[Br-]. The van der Waals surface area contributed by atoms with Gasteiger partial charge >= 0.3 is 0 Å². The van der Waals surface area contributed by atoms with Gasteiger partial charge in [0.2, 0.25) is 0 Å². The van der Waals surface area contributed by atoms with Gasteiger partial charge in [0.25, 0.3) is 5.91 Å². The summed E-state index contributed by atoms with van der Waals surface area (Å²) < 4.78 is 28.8. The fraction of sp³-hybridized carbons (Fsp3) is 0.424. The topological polar surface area (TPSA) is 20.3 Å². The zero-order valence-electron chi connectivity index (χ0n) is 24.3. The third kappa shape index (κ3) is 9.54. The van der Waals surface area contributed by atoms with Gasteiger partial charge in [-0.25, -0.2) is 8.78 Å². The number of benzene rings is 3. The van der Waals surface area contributed by atoms with Crippen molar-refractivity contribution in [1.82, 2.24) is 4.90 Å². The molecule has 3 aromatic rings. The monoisotopic (exact) mass is 600 g/mol. The Morgan fingerprint density at radius 1 is 0.718 bits per heavy atom. The summed E-state index contributed by atoms with van der Waals surface area (Å²) in [5.74, 6) is -1.36. The van der Waals surface area contributed by atoms with Gasteiger partial charge in [0.15, 0.2) is 0 Å². The van der Waals surface area contributed by atoms with E-state index in [9.17, 15) is 13.6 Å². The van der Waals surface area contributed by atoms with E-state index in [2.05, 4.69) is 45.9 Å². The molecule has 0 atom stereocenters. The lowest BCUT2D eigenvalue weighted by atomic mass is 10.0. The highest BCUT2D eigenvalue weighted by Gasteiger charge is 2.24. The molecule has 3 rings (SSSR count). The molecule has 212 valence electrons. The highest BCUT2D eigenvalue weighted by Crippen LogP contribution is 2.20. The Bertz CT molecular complexity index is 1200. The molecule has 39 heavy (non-hydrogen) atoms. The average molecular weight is 602 g/mol. The summed E-state index contributed by atoms with van der Waals surface area (Å²) in [5.41, 5.74) is 7.06. The van der Waals surface area contributed by atoms with Crippen molar-refractivity contribution in [3.63, 3.8) is 0 Å². The van der Waals surface area contributed by atoms with Crippen molar-refractivity contribution in [3.8, 4) is 0 Å². The van der Waals surface area contributed by atoms with Crippen LogP contribution in [0.3, 0.4) is 0 Å². The highest BCUT2D eigenvalue weighted by molar-refractivity contribution is 5.94. The van der Waals surface area contributed by atoms with Crippen molar-refractivity contribution in [3.05, 3.63) is 105 Å². The van der Waals surface area contributed by atoms with Gasteiger partial charge in [-0.3, -0.25) is 4.79 Å². The summed E-state index contributed by atoms with van der Waals surface area (Å²) in [5, 5.41) is 0. The van der Waals surface area contributed by atoms with Crippen LogP contribution < -0.4 is 17.0 Å².